The molecular formula is C20H20N4O. The molecule has 1 atom stereocenters. The van der Waals surface area contributed by atoms with Crippen LogP contribution in [-0.4, -0.2) is 29.0 Å². The number of amides is 1. The highest BCUT2D eigenvalue weighted by molar-refractivity contribution is 5.93. The standard InChI is InChI=1S/C20H20N4O/c25-20(22-16-8-2-1-3-9-16)15-7-6-12-24(14-15)19-13-21-17-10-4-5-11-18(17)23-19/h1-5,8-11,13,15H,6-7,12,14H2,(H,22,25)/t15-/m1/s1. The number of para-hydroxylation sites is 3. The molecule has 0 unspecified atom stereocenters. The average Bonchev–Trinajstić information content (AvgIpc) is 2.68. The van der Waals surface area contributed by atoms with Gasteiger partial charge in [0, 0.05) is 18.8 Å². The van der Waals surface area contributed by atoms with Gasteiger partial charge in [0.25, 0.3) is 0 Å². The zero-order valence-corrected chi connectivity index (χ0v) is 13.9. The summed E-state index contributed by atoms with van der Waals surface area (Å²) >= 11 is 0. The summed E-state index contributed by atoms with van der Waals surface area (Å²) in [6.45, 7) is 1.58. The number of nitrogens with one attached hydrogen (secondary N) is 1. The lowest BCUT2D eigenvalue weighted by Crippen LogP contribution is -2.41. The van der Waals surface area contributed by atoms with Crippen molar-refractivity contribution in [3.63, 3.8) is 0 Å². The second-order valence-corrected chi connectivity index (χ2v) is 6.36. The fourth-order valence-corrected chi connectivity index (χ4v) is 3.26. The van der Waals surface area contributed by atoms with Crippen molar-refractivity contribution in [2.24, 2.45) is 5.92 Å². The minimum absolute atomic E-state index is 0.0396. The molecule has 25 heavy (non-hydrogen) atoms. The highest BCUT2D eigenvalue weighted by atomic mass is 16.1. The first kappa shape index (κ1) is 15.6. The van der Waals surface area contributed by atoms with E-state index in [1.165, 1.54) is 0 Å². The zero-order chi connectivity index (χ0) is 17.1. The van der Waals surface area contributed by atoms with Gasteiger partial charge in [-0.3, -0.25) is 9.78 Å². The summed E-state index contributed by atoms with van der Waals surface area (Å²) in [5.41, 5.74) is 2.62. The van der Waals surface area contributed by atoms with E-state index in [1.807, 2.05) is 54.6 Å². The number of hydrogen-bond donors (Lipinski definition) is 1. The van der Waals surface area contributed by atoms with Crippen molar-refractivity contribution >= 4 is 28.4 Å². The molecule has 1 aliphatic heterocycles. The normalized spacial score (nSPS) is 17.4. The van der Waals surface area contributed by atoms with Crippen LogP contribution in [0.2, 0.25) is 0 Å². The van der Waals surface area contributed by atoms with E-state index in [4.69, 9.17) is 4.98 Å². The third kappa shape index (κ3) is 3.45. The SMILES string of the molecule is O=C(Nc1ccccc1)[C@@H]1CCCN(c2cnc3ccccc3n2)C1. The molecule has 0 aliphatic carbocycles. The summed E-state index contributed by atoms with van der Waals surface area (Å²) in [6, 6.07) is 17.5. The maximum absolute atomic E-state index is 12.6. The number of aromatic nitrogens is 2. The number of nitrogens with zero attached hydrogens (tertiary/aromatic N) is 3. The van der Waals surface area contributed by atoms with Crippen LogP contribution < -0.4 is 10.2 Å². The number of anilines is 2. The molecular weight excluding hydrogens is 312 g/mol. The molecule has 1 fully saturated rings. The Bertz CT molecular complexity index is 881. The Balaban J connectivity index is 1.49. The molecule has 1 saturated heterocycles. The van der Waals surface area contributed by atoms with E-state index in [2.05, 4.69) is 15.2 Å². The van der Waals surface area contributed by atoms with Gasteiger partial charge < -0.3 is 10.2 Å². The smallest absolute Gasteiger partial charge is 0.229 e. The Hall–Kier alpha value is -2.95. The van der Waals surface area contributed by atoms with Crippen molar-refractivity contribution in [1.82, 2.24) is 9.97 Å². The molecule has 0 radical (unpaired) electrons. The molecule has 5 nitrogen and oxygen atoms in total. The Labute approximate surface area is 146 Å². The first-order valence-electron chi connectivity index (χ1n) is 8.62. The average molecular weight is 332 g/mol. The number of carbonyl (C=O) groups excluding carboxylic acids is 1. The van der Waals surface area contributed by atoms with Gasteiger partial charge in [0.05, 0.1) is 23.1 Å². The van der Waals surface area contributed by atoms with Gasteiger partial charge in [-0.2, -0.15) is 0 Å². The molecule has 5 heteroatoms. The van der Waals surface area contributed by atoms with Crippen molar-refractivity contribution in [3.05, 3.63) is 60.8 Å². The molecule has 1 amide bonds. The molecule has 0 spiro atoms. The van der Waals surface area contributed by atoms with Crippen molar-refractivity contribution < 1.29 is 4.79 Å². The lowest BCUT2D eigenvalue weighted by atomic mass is 9.97. The van der Waals surface area contributed by atoms with Crippen LogP contribution in [0.5, 0.6) is 0 Å². The molecule has 2 heterocycles. The highest BCUT2D eigenvalue weighted by Crippen LogP contribution is 2.24. The molecule has 0 saturated carbocycles. The number of carbonyl (C=O) groups is 1. The summed E-state index contributed by atoms with van der Waals surface area (Å²) in [5.74, 6) is 0.878. The predicted molar refractivity (Wildman–Crippen MR) is 99.5 cm³/mol. The van der Waals surface area contributed by atoms with Gasteiger partial charge in [0.15, 0.2) is 0 Å². The summed E-state index contributed by atoms with van der Waals surface area (Å²) in [4.78, 5) is 23.9. The van der Waals surface area contributed by atoms with Gasteiger partial charge >= 0.3 is 0 Å². The Morgan fingerprint density at radius 1 is 1.04 bits per heavy atom. The van der Waals surface area contributed by atoms with E-state index in [0.29, 0.717) is 6.54 Å². The number of fused-ring (bicyclic) bond motifs is 1. The Morgan fingerprint density at radius 2 is 1.80 bits per heavy atom. The molecule has 4 rings (SSSR count). The second kappa shape index (κ2) is 6.89. The molecule has 1 aromatic heterocycles. The largest absolute Gasteiger partial charge is 0.355 e. The highest BCUT2D eigenvalue weighted by Gasteiger charge is 2.26. The number of rotatable bonds is 3. The quantitative estimate of drug-likeness (QED) is 0.798. The van der Waals surface area contributed by atoms with Crippen LogP contribution in [0.1, 0.15) is 12.8 Å². The maximum atomic E-state index is 12.6. The van der Waals surface area contributed by atoms with Gasteiger partial charge in [-0.1, -0.05) is 30.3 Å². The van der Waals surface area contributed by atoms with Gasteiger partial charge in [0.2, 0.25) is 5.91 Å². The lowest BCUT2D eigenvalue weighted by molar-refractivity contribution is -0.120. The van der Waals surface area contributed by atoms with Crippen LogP contribution >= 0.6 is 0 Å². The zero-order valence-electron chi connectivity index (χ0n) is 13.9. The number of piperidine rings is 1. The molecule has 2 aromatic carbocycles. The summed E-state index contributed by atoms with van der Waals surface area (Å²) in [6.07, 6.45) is 3.68. The predicted octanol–water partition coefficient (Wildman–Crippen LogP) is 3.48. The van der Waals surface area contributed by atoms with Crippen LogP contribution in [0.4, 0.5) is 11.5 Å². The number of hydrogen-bond acceptors (Lipinski definition) is 4. The summed E-state index contributed by atoms with van der Waals surface area (Å²) < 4.78 is 0. The van der Waals surface area contributed by atoms with E-state index in [0.717, 1.165) is 41.9 Å². The third-order valence-corrected chi connectivity index (χ3v) is 4.59. The summed E-state index contributed by atoms with van der Waals surface area (Å²) in [5, 5.41) is 3.01. The molecule has 0 bridgehead atoms. The van der Waals surface area contributed by atoms with E-state index in [1.54, 1.807) is 6.20 Å². The van der Waals surface area contributed by atoms with Gasteiger partial charge in [-0.15, -0.1) is 0 Å². The summed E-state index contributed by atoms with van der Waals surface area (Å²) in [7, 11) is 0. The van der Waals surface area contributed by atoms with Crippen molar-refractivity contribution in [2.45, 2.75) is 12.8 Å². The monoisotopic (exact) mass is 332 g/mol. The van der Waals surface area contributed by atoms with Gasteiger partial charge in [0.1, 0.15) is 5.82 Å². The fourth-order valence-electron chi connectivity index (χ4n) is 3.26. The van der Waals surface area contributed by atoms with E-state index in [-0.39, 0.29) is 11.8 Å². The van der Waals surface area contributed by atoms with Crippen LogP contribution in [0.25, 0.3) is 11.0 Å². The van der Waals surface area contributed by atoms with Crippen molar-refractivity contribution in [2.75, 3.05) is 23.3 Å². The number of benzene rings is 2. The second-order valence-electron chi connectivity index (χ2n) is 6.36. The van der Waals surface area contributed by atoms with E-state index in [9.17, 15) is 4.79 Å². The van der Waals surface area contributed by atoms with Crippen molar-refractivity contribution in [3.8, 4) is 0 Å². The molecule has 1 aliphatic rings. The first-order chi connectivity index (χ1) is 12.3. The minimum atomic E-state index is -0.0396. The molecule has 1 N–H and O–H groups in total. The molecule has 3 aromatic rings. The van der Waals surface area contributed by atoms with Crippen molar-refractivity contribution in [1.29, 1.82) is 0 Å². The fraction of sp³-hybridized carbons (Fsp3) is 0.250. The maximum Gasteiger partial charge on any atom is 0.229 e. The third-order valence-electron chi connectivity index (χ3n) is 4.59. The van der Waals surface area contributed by atoms with Crippen LogP contribution in [0, 0.1) is 5.92 Å². The lowest BCUT2D eigenvalue weighted by Gasteiger charge is -2.32. The Morgan fingerprint density at radius 3 is 2.64 bits per heavy atom. The van der Waals surface area contributed by atoms with E-state index < -0.39 is 0 Å². The van der Waals surface area contributed by atoms with Crippen LogP contribution in [0.3, 0.4) is 0 Å². The van der Waals surface area contributed by atoms with Gasteiger partial charge in [-0.25, -0.2) is 4.98 Å². The van der Waals surface area contributed by atoms with E-state index >= 15 is 0 Å². The molecule has 126 valence electrons. The first-order valence-corrected chi connectivity index (χ1v) is 8.62. The van der Waals surface area contributed by atoms with Gasteiger partial charge in [-0.05, 0) is 37.1 Å². The van der Waals surface area contributed by atoms with Crippen LogP contribution in [0.15, 0.2) is 60.8 Å². The Kier molecular flexibility index (Phi) is 4.29. The minimum Gasteiger partial charge on any atom is -0.355 e. The topological polar surface area (TPSA) is 58.1 Å². The van der Waals surface area contributed by atoms with Crippen LogP contribution in [-0.2, 0) is 4.79 Å².